The molecule has 0 radical (unpaired) electrons. The van der Waals surface area contributed by atoms with E-state index < -0.39 is 10.0 Å². The fourth-order valence-corrected chi connectivity index (χ4v) is 5.52. The average molecular weight is 443 g/mol. The number of amides is 1. The lowest BCUT2D eigenvalue weighted by Crippen LogP contribution is -2.43. The summed E-state index contributed by atoms with van der Waals surface area (Å²) in [4.78, 5) is 15.1. The molecule has 1 amide bonds. The van der Waals surface area contributed by atoms with E-state index in [0.717, 1.165) is 11.1 Å². The minimum Gasteiger partial charge on any atom is -0.339 e. The first-order chi connectivity index (χ1) is 14.5. The standard InChI is InChI=1S/C25H34N2O3S/c1-19(20-9-7-6-8-10-20)26(5)24(28)21-15-17-27(18-16-21)31(29,30)23-13-11-22(12-14-23)25(2,3)4/h6-14,19,21H,15-18H2,1-5H3. The summed E-state index contributed by atoms with van der Waals surface area (Å²) in [6.45, 7) is 9.07. The Morgan fingerprint density at radius 2 is 1.55 bits per heavy atom. The molecule has 0 aromatic heterocycles. The Labute approximate surface area is 187 Å². The maximum Gasteiger partial charge on any atom is 0.243 e. The van der Waals surface area contributed by atoms with Crippen LogP contribution in [0.4, 0.5) is 0 Å². The van der Waals surface area contributed by atoms with E-state index in [4.69, 9.17) is 0 Å². The third kappa shape index (κ3) is 5.18. The zero-order chi connectivity index (χ0) is 22.8. The van der Waals surface area contributed by atoms with Gasteiger partial charge in [-0.05, 0) is 48.4 Å². The Morgan fingerprint density at radius 1 is 1.00 bits per heavy atom. The van der Waals surface area contributed by atoms with Crippen LogP contribution in [-0.4, -0.2) is 43.7 Å². The third-order valence-electron chi connectivity index (χ3n) is 6.37. The van der Waals surface area contributed by atoms with Crippen LogP contribution < -0.4 is 0 Å². The SMILES string of the molecule is CC(c1ccccc1)N(C)C(=O)C1CCN(S(=O)(=O)c2ccc(C(C)(C)C)cc2)CC1. The smallest absolute Gasteiger partial charge is 0.243 e. The van der Waals surface area contributed by atoms with Crippen LogP contribution in [-0.2, 0) is 20.2 Å². The van der Waals surface area contributed by atoms with E-state index in [1.807, 2.05) is 56.4 Å². The molecule has 0 N–H and O–H groups in total. The number of hydrogen-bond acceptors (Lipinski definition) is 3. The zero-order valence-electron chi connectivity index (χ0n) is 19.2. The van der Waals surface area contributed by atoms with Gasteiger partial charge in [0, 0.05) is 26.1 Å². The van der Waals surface area contributed by atoms with Crippen molar-refractivity contribution in [2.24, 2.45) is 5.92 Å². The van der Waals surface area contributed by atoms with Gasteiger partial charge in [0.1, 0.15) is 0 Å². The van der Waals surface area contributed by atoms with Crippen molar-refractivity contribution in [1.82, 2.24) is 9.21 Å². The van der Waals surface area contributed by atoms with Crippen molar-refractivity contribution in [3.63, 3.8) is 0 Å². The molecule has 0 aliphatic carbocycles. The van der Waals surface area contributed by atoms with Gasteiger partial charge < -0.3 is 4.90 Å². The Kier molecular flexibility index (Phi) is 6.92. The molecule has 1 fully saturated rings. The van der Waals surface area contributed by atoms with Crippen LogP contribution in [0.3, 0.4) is 0 Å². The normalized spacial score (nSPS) is 17.3. The molecule has 1 atom stereocenters. The van der Waals surface area contributed by atoms with Gasteiger partial charge >= 0.3 is 0 Å². The van der Waals surface area contributed by atoms with Gasteiger partial charge in [-0.25, -0.2) is 8.42 Å². The van der Waals surface area contributed by atoms with Crippen LogP contribution in [0.25, 0.3) is 0 Å². The van der Waals surface area contributed by atoms with Crippen LogP contribution in [0.1, 0.15) is 57.7 Å². The molecular weight excluding hydrogens is 408 g/mol. The zero-order valence-corrected chi connectivity index (χ0v) is 20.0. The average Bonchev–Trinajstić information content (AvgIpc) is 2.77. The van der Waals surface area contributed by atoms with Crippen LogP contribution >= 0.6 is 0 Å². The van der Waals surface area contributed by atoms with Crippen molar-refractivity contribution in [3.05, 3.63) is 65.7 Å². The Bertz CT molecular complexity index is 987. The Morgan fingerprint density at radius 3 is 2.06 bits per heavy atom. The van der Waals surface area contributed by atoms with E-state index >= 15 is 0 Å². The number of hydrogen-bond donors (Lipinski definition) is 0. The van der Waals surface area contributed by atoms with E-state index in [2.05, 4.69) is 20.8 Å². The van der Waals surface area contributed by atoms with Gasteiger partial charge in [0.05, 0.1) is 10.9 Å². The summed E-state index contributed by atoms with van der Waals surface area (Å²) in [6.07, 6.45) is 1.09. The van der Waals surface area contributed by atoms with Crippen molar-refractivity contribution >= 4 is 15.9 Å². The number of piperidine rings is 1. The first-order valence-corrected chi connectivity index (χ1v) is 12.4. The molecule has 1 aliphatic rings. The summed E-state index contributed by atoms with van der Waals surface area (Å²) >= 11 is 0. The summed E-state index contributed by atoms with van der Waals surface area (Å²) in [5, 5.41) is 0. The number of benzene rings is 2. The summed E-state index contributed by atoms with van der Waals surface area (Å²) < 4.78 is 27.7. The molecule has 5 nitrogen and oxygen atoms in total. The van der Waals surface area contributed by atoms with Gasteiger partial charge in [-0.2, -0.15) is 4.31 Å². The Balaban J connectivity index is 1.63. The van der Waals surface area contributed by atoms with Crippen molar-refractivity contribution in [1.29, 1.82) is 0 Å². The molecule has 1 heterocycles. The highest BCUT2D eigenvalue weighted by Gasteiger charge is 2.34. The molecule has 0 saturated carbocycles. The second-order valence-corrected chi connectivity index (χ2v) is 11.4. The van der Waals surface area contributed by atoms with E-state index in [-0.39, 0.29) is 23.3 Å². The molecule has 3 rings (SSSR count). The fourth-order valence-electron chi connectivity index (χ4n) is 4.05. The Hall–Kier alpha value is -2.18. The molecule has 2 aromatic rings. The summed E-state index contributed by atoms with van der Waals surface area (Å²) in [5.41, 5.74) is 2.17. The fraction of sp³-hybridized carbons (Fsp3) is 0.480. The van der Waals surface area contributed by atoms with Gasteiger partial charge in [-0.1, -0.05) is 63.2 Å². The lowest BCUT2D eigenvalue weighted by atomic mass is 9.87. The van der Waals surface area contributed by atoms with E-state index in [9.17, 15) is 13.2 Å². The number of sulfonamides is 1. The molecular formula is C25H34N2O3S. The van der Waals surface area contributed by atoms with E-state index in [1.54, 1.807) is 17.0 Å². The monoisotopic (exact) mass is 442 g/mol. The minimum absolute atomic E-state index is 0.0169. The second kappa shape index (κ2) is 9.13. The topological polar surface area (TPSA) is 57.7 Å². The first kappa shape index (κ1) is 23.5. The van der Waals surface area contributed by atoms with Crippen molar-refractivity contribution in [3.8, 4) is 0 Å². The molecule has 2 aromatic carbocycles. The van der Waals surface area contributed by atoms with Crippen LogP contribution in [0.15, 0.2) is 59.5 Å². The van der Waals surface area contributed by atoms with Gasteiger partial charge in [0.25, 0.3) is 0 Å². The maximum atomic E-state index is 13.1. The van der Waals surface area contributed by atoms with Crippen molar-refractivity contribution in [2.75, 3.05) is 20.1 Å². The second-order valence-electron chi connectivity index (χ2n) is 9.49. The van der Waals surface area contributed by atoms with E-state index in [1.165, 1.54) is 4.31 Å². The molecule has 0 spiro atoms. The summed E-state index contributed by atoms with van der Waals surface area (Å²) in [7, 11) is -1.71. The lowest BCUT2D eigenvalue weighted by molar-refractivity contribution is -0.137. The molecule has 1 unspecified atom stereocenters. The van der Waals surface area contributed by atoms with Gasteiger partial charge in [-0.3, -0.25) is 4.79 Å². The predicted molar refractivity (Wildman–Crippen MR) is 124 cm³/mol. The molecule has 1 aliphatic heterocycles. The first-order valence-electron chi connectivity index (χ1n) is 10.9. The van der Waals surface area contributed by atoms with Crippen LogP contribution in [0.2, 0.25) is 0 Å². The number of carbonyl (C=O) groups excluding carboxylic acids is 1. The summed E-state index contributed by atoms with van der Waals surface area (Å²) in [5.74, 6) is -0.0613. The minimum atomic E-state index is -3.54. The molecule has 0 bridgehead atoms. The maximum absolute atomic E-state index is 13.1. The molecule has 1 saturated heterocycles. The van der Waals surface area contributed by atoms with Gasteiger partial charge in [0.15, 0.2) is 0 Å². The quantitative estimate of drug-likeness (QED) is 0.680. The predicted octanol–water partition coefficient (Wildman–Crippen LogP) is 4.60. The van der Waals surface area contributed by atoms with Gasteiger partial charge in [-0.15, -0.1) is 0 Å². The van der Waals surface area contributed by atoms with Crippen molar-refractivity contribution < 1.29 is 13.2 Å². The molecule has 168 valence electrons. The highest BCUT2D eigenvalue weighted by Crippen LogP contribution is 2.29. The van der Waals surface area contributed by atoms with E-state index in [0.29, 0.717) is 30.8 Å². The highest BCUT2D eigenvalue weighted by atomic mass is 32.2. The molecule has 6 heteroatoms. The number of carbonyl (C=O) groups is 1. The lowest BCUT2D eigenvalue weighted by Gasteiger charge is -2.34. The summed E-state index contributed by atoms with van der Waals surface area (Å²) in [6, 6.07) is 17.1. The molecule has 31 heavy (non-hydrogen) atoms. The van der Waals surface area contributed by atoms with Gasteiger partial charge in [0.2, 0.25) is 15.9 Å². The van der Waals surface area contributed by atoms with Crippen LogP contribution in [0.5, 0.6) is 0 Å². The van der Waals surface area contributed by atoms with Crippen molar-refractivity contribution in [2.45, 2.75) is 56.9 Å². The highest BCUT2D eigenvalue weighted by molar-refractivity contribution is 7.89. The third-order valence-corrected chi connectivity index (χ3v) is 8.28. The number of rotatable bonds is 5. The largest absolute Gasteiger partial charge is 0.339 e. The van der Waals surface area contributed by atoms with Crippen LogP contribution in [0, 0.1) is 5.92 Å². The number of nitrogens with zero attached hydrogens (tertiary/aromatic N) is 2.